The molecule has 0 spiro atoms. The summed E-state index contributed by atoms with van der Waals surface area (Å²) in [4.78, 5) is 26.0. The van der Waals surface area contributed by atoms with Gasteiger partial charge in [0.25, 0.3) is 0 Å². The van der Waals surface area contributed by atoms with Gasteiger partial charge in [-0.15, -0.1) is 0 Å². The molecule has 1 heterocycles. The zero-order valence-electron chi connectivity index (χ0n) is 13.3. The van der Waals surface area contributed by atoms with Crippen molar-refractivity contribution < 1.29 is 14.3 Å². The molecule has 0 saturated carbocycles. The lowest BCUT2D eigenvalue weighted by Crippen LogP contribution is -2.34. The lowest BCUT2D eigenvalue weighted by Gasteiger charge is -2.17. The van der Waals surface area contributed by atoms with Crippen LogP contribution in [0.4, 0.5) is 5.69 Å². The van der Waals surface area contributed by atoms with E-state index in [-0.39, 0.29) is 24.2 Å². The number of carbonyl (C=O) groups is 2. The Bertz CT molecular complexity index is 582. The van der Waals surface area contributed by atoms with Crippen LogP contribution in [0.2, 0.25) is 5.02 Å². The number of nitrogens with zero attached hydrogens (tertiary/aromatic N) is 1. The number of ether oxygens (including phenoxy) is 1. The summed E-state index contributed by atoms with van der Waals surface area (Å²) < 4.78 is 5.11. The summed E-state index contributed by atoms with van der Waals surface area (Å²) in [5, 5.41) is 3.34. The van der Waals surface area contributed by atoms with Gasteiger partial charge < -0.3 is 15.0 Å². The molecule has 126 valence electrons. The summed E-state index contributed by atoms with van der Waals surface area (Å²) >= 11 is 7.89. The number of rotatable bonds is 7. The summed E-state index contributed by atoms with van der Waals surface area (Å²) in [6.07, 6.45) is 0.233. The number of methoxy groups -OCH3 is 1. The zero-order chi connectivity index (χ0) is 16.8. The van der Waals surface area contributed by atoms with Gasteiger partial charge in [-0.25, -0.2) is 0 Å². The van der Waals surface area contributed by atoms with Crippen LogP contribution in [0.5, 0.6) is 5.75 Å². The first-order chi connectivity index (χ1) is 11.1. The highest BCUT2D eigenvalue weighted by Crippen LogP contribution is 2.32. The summed E-state index contributed by atoms with van der Waals surface area (Å²) in [6, 6.07) is 5.19. The highest BCUT2D eigenvalue weighted by Gasteiger charge is 2.35. The molecule has 7 heteroatoms. The fourth-order valence-corrected chi connectivity index (χ4v) is 3.28. The Hall–Kier alpha value is -1.40. The Morgan fingerprint density at radius 3 is 2.96 bits per heavy atom. The molecule has 1 N–H and O–H groups in total. The van der Waals surface area contributed by atoms with Crippen molar-refractivity contribution in [2.45, 2.75) is 13.3 Å². The molecule has 1 aromatic carbocycles. The van der Waals surface area contributed by atoms with Gasteiger partial charge in [-0.3, -0.25) is 9.59 Å². The number of hydrogen-bond acceptors (Lipinski definition) is 4. The fourth-order valence-electron chi connectivity index (χ4n) is 2.49. The minimum absolute atomic E-state index is 0.0582. The molecule has 2 rings (SSSR count). The van der Waals surface area contributed by atoms with Crippen LogP contribution in [0.1, 0.15) is 13.3 Å². The van der Waals surface area contributed by atoms with Crippen molar-refractivity contribution in [2.75, 3.05) is 36.6 Å². The standard InChI is InChI=1S/C16H21ClN2O3S/c1-3-23-7-6-18-16(21)11-8-15(20)19(10-11)12-4-5-14(22-2)13(17)9-12/h4-5,9,11H,3,6-8,10H2,1-2H3,(H,18,21)/t11-/m1/s1. The van der Waals surface area contributed by atoms with Crippen molar-refractivity contribution in [3.05, 3.63) is 23.2 Å². The van der Waals surface area contributed by atoms with Crippen molar-refractivity contribution in [3.8, 4) is 5.75 Å². The van der Waals surface area contributed by atoms with Crippen LogP contribution in [0.25, 0.3) is 0 Å². The SMILES string of the molecule is CCSCCNC(=O)[C@@H]1CC(=O)N(c2ccc(OC)c(Cl)c2)C1. The van der Waals surface area contributed by atoms with E-state index in [1.165, 1.54) is 0 Å². The summed E-state index contributed by atoms with van der Waals surface area (Å²) in [7, 11) is 1.54. The molecule has 0 aliphatic carbocycles. The van der Waals surface area contributed by atoms with Crippen LogP contribution < -0.4 is 15.0 Å². The Balaban J connectivity index is 1.97. The molecule has 0 aromatic heterocycles. The van der Waals surface area contributed by atoms with Crippen molar-refractivity contribution >= 4 is 40.9 Å². The number of hydrogen-bond donors (Lipinski definition) is 1. The largest absolute Gasteiger partial charge is 0.495 e. The van der Waals surface area contributed by atoms with Crippen molar-refractivity contribution in [3.63, 3.8) is 0 Å². The molecule has 2 amide bonds. The van der Waals surface area contributed by atoms with Crippen molar-refractivity contribution in [1.29, 1.82) is 0 Å². The molecule has 23 heavy (non-hydrogen) atoms. The maximum absolute atomic E-state index is 12.2. The van der Waals surface area contributed by atoms with Crippen LogP contribution in [0.3, 0.4) is 0 Å². The van der Waals surface area contributed by atoms with Crippen LogP contribution in [0.15, 0.2) is 18.2 Å². The van der Waals surface area contributed by atoms with Gasteiger partial charge in [-0.2, -0.15) is 11.8 Å². The van der Waals surface area contributed by atoms with Gasteiger partial charge in [0, 0.05) is 31.0 Å². The van der Waals surface area contributed by atoms with E-state index in [9.17, 15) is 9.59 Å². The average Bonchev–Trinajstić information content (AvgIpc) is 2.93. The highest BCUT2D eigenvalue weighted by molar-refractivity contribution is 7.99. The number of carbonyl (C=O) groups excluding carboxylic acids is 2. The molecule has 0 radical (unpaired) electrons. The topological polar surface area (TPSA) is 58.6 Å². The van der Waals surface area contributed by atoms with E-state index in [0.717, 1.165) is 11.5 Å². The normalized spacial score (nSPS) is 17.4. The molecule has 1 fully saturated rings. The molecule has 1 aliphatic heterocycles. The van der Waals surface area contributed by atoms with E-state index in [2.05, 4.69) is 12.2 Å². The maximum Gasteiger partial charge on any atom is 0.227 e. The number of thioether (sulfide) groups is 1. The maximum atomic E-state index is 12.2. The number of benzene rings is 1. The lowest BCUT2D eigenvalue weighted by molar-refractivity contribution is -0.126. The van der Waals surface area contributed by atoms with Gasteiger partial charge in [0.1, 0.15) is 5.75 Å². The zero-order valence-corrected chi connectivity index (χ0v) is 14.9. The number of amides is 2. The first-order valence-electron chi connectivity index (χ1n) is 7.56. The van der Waals surface area contributed by atoms with Gasteiger partial charge in [0.05, 0.1) is 18.1 Å². The van der Waals surface area contributed by atoms with Crippen LogP contribution >= 0.6 is 23.4 Å². The van der Waals surface area contributed by atoms with Gasteiger partial charge >= 0.3 is 0 Å². The molecular weight excluding hydrogens is 336 g/mol. The van der Waals surface area contributed by atoms with E-state index in [1.807, 2.05) is 0 Å². The number of halogens is 1. The second-order valence-electron chi connectivity index (χ2n) is 5.21. The Kier molecular flexibility index (Phi) is 6.59. The number of anilines is 1. The average molecular weight is 357 g/mol. The Labute approximate surface area is 145 Å². The van der Waals surface area contributed by atoms with E-state index < -0.39 is 0 Å². The molecular formula is C16H21ClN2O3S. The number of nitrogens with one attached hydrogen (secondary N) is 1. The predicted molar refractivity (Wildman–Crippen MR) is 94.5 cm³/mol. The molecule has 1 aromatic rings. The molecule has 1 aliphatic rings. The molecule has 5 nitrogen and oxygen atoms in total. The third-order valence-electron chi connectivity index (χ3n) is 3.69. The molecule has 0 bridgehead atoms. The lowest BCUT2D eigenvalue weighted by atomic mass is 10.1. The van der Waals surface area contributed by atoms with E-state index in [4.69, 9.17) is 16.3 Å². The van der Waals surface area contributed by atoms with E-state index in [0.29, 0.717) is 29.5 Å². The monoisotopic (exact) mass is 356 g/mol. The second kappa shape index (κ2) is 8.45. The predicted octanol–water partition coefficient (Wildman–Crippen LogP) is 2.57. The molecule has 0 unspecified atom stereocenters. The summed E-state index contributed by atoms with van der Waals surface area (Å²) in [5.41, 5.74) is 0.692. The van der Waals surface area contributed by atoms with Crippen molar-refractivity contribution in [1.82, 2.24) is 5.32 Å². The minimum atomic E-state index is -0.310. The Morgan fingerprint density at radius 2 is 2.30 bits per heavy atom. The quantitative estimate of drug-likeness (QED) is 0.763. The second-order valence-corrected chi connectivity index (χ2v) is 7.01. The molecule has 1 atom stereocenters. The Morgan fingerprint density at radius 1 is 1.52 bits per heavy atom. The first kappa shape index (κ1) is 17.9. The fraction of sp³-hybridized carbons (Fsp3) is 0.500. The summed E-state index contributed by atoms with van der Waals surface area (Å²) in [6.45, 7) is 3.10. The third-order valence-corrected chi connectivity index (χ3v) is 4.89. The van der Waals surface area contributed by atoms with Crippen LogP contribution in [0, 0.1) is 5.92 Å². The van der Waals surface area contributed by atoms with E-state index in [1.54, 1.807) is 42.0 Å². The highest BCUT2D eigenvalue weighted by atomic mass is 35.5. The first-order valence-corrected chi connectivity index (χ1v) is 9.09. The van der Waals surface area contributed by atoms with Gasteiger partial charge in [-0.1, -0.05) is 18.5 Å². The minimum Gasteiger partial charge on any atom is -0.495 e. The van der Waals surface area contributed by atoms with Crippen LogP contribution in [-0.2, 0) is 9.59 Å². The molecule has 1 saturated heterocycles. The van der Waals surface area contributed by atoms with Crippen molar-refractivity contribution in [2.24, 2.45) is 5.92 Å². The van der Waals surface area contributed by atoms with Gasteiger partial charge in [-0.05, 0) is 24.0 Å². The van der Waals surface area contributed by atoms with Gasteiger partial charge in [0.2, 0.25) is 11.8 Å². The van der Waals surface area contributed by atoms with Crippen LogP contribution in [-0.4, -0.2) is 43.5 Å². The smallest absolute Gasteiger partial charge is 0.227 e. The third kappa shape index (κ3) is 4.54. The van der Waals surface area contributed by atoms with E-state index >= 15 is 0 Å². The van der Waals surface area contributed by atoms with Gasteiger partial charge in [0.15, 0.2) is 0 Å². The summed E-state index contributed by atoms with van der Waals surface area (Å²) in [5.74, 6) is 2.05.